The summed E-state index contributed by atoms with van der Waals surface area (Å²) in [6, 6.07) is 8.17. The number of fused-ring (bicyclic) bond motifs is 1. The van der Waals surface area contributed by atoms with Crippen LogP contribution in [0.3, 0.4) is 0 Å². The summed E-state index contributed by atoms with van der Waals surface area (Å²) < 4.78 is 18.5. The van der Waals surface area contributed by atoms with E-state index in [-0.39, 0.29) is 16.9 Å². The normalized spacial score (nSPS) is 13.9. The Hall–Kier alpha value is -2.82. The predicted molar refractivity (Wildman–Crippen MR) is 67.0 cm³/mol. The Labute approximate surface area is 112 Å². The third-order valence-corrected chi connectivity index (χ3v) is 3.00. The molecule has 0 saturated heterocycles. The highest BCUT2D eigenvalue weighted by atomic mass is 19.1. The van der Waals surface area contributed by atoms with E-state index in [4.69, 9.17) is 4.42 Å². The van der Waals surface area contributed by atoms with Gasteiger partial charge in [0.1, 0.15) is 6.26 Å². The lowest BCUT2D eigenvalue weighted by Crippen LogP contribution is -2.19. The molecule has 0 atom stereocenters. The van der Waals surface area contributed by atoms with Gasteiger partial charge in [-0.1, -0.05) is 30.3 Å². The Balaban J connectivity index is 2.15. The molecule has 2 aromatic rings. The van der Waals surface area contributed by atoms with Crippen LogP contribution < -0.4 is 0 Å². The van der Waals surface area contributed by atoms with Crippen molar-refractivity contribution in [2.24, 2.45) is 0 Å². The second kappa shape index (κ2) is 4.38. The fourth-order valence-corrected chi connectivity index (χ4v) is 2.04. The SMILES string of the molecule is O=C1C=C(F)c2occ(C(=O)c3ccccc3)c2C1=O. The van der Waals surface area contributed by atoms with Crippen LogP contribution in [0.25, 0.3) is 5.83 Å². The predicted octanol–water partition coefficient (Wildman–Crippen LogP) is 2.59. The standard InChI is InChI=1S/C15H7FO4/c16-10-6-11(17)14(19)12-9(7-20-15(10)12)13(18)8-4-2-1-3-5-8/h1-7H. The smallest absolute Gasteiger partial charge is 0.237 e. The molecule has 3 rings (SSSR count). The molecule has 1 aliphatic rings. The molecular weight excluding hydrogens is 263 g/mol. The van der Waals surface area contributed by atoms with E-state index in [0.717, 1.165) is 6.26 Å². The highest BCUT2D eigenvalue weighted by Gasteiger charge is 2.34. The minimum atomic E-state index is -1.00. The Bertz CT molecular complexity index is 768. The van der Waals surface area contributed by atoms with Crippen molar-refractivity contribution in [1.29, 1.82) is 0 Å². The van der Waals surface area contributed by atoms with Gasteiger partial charge in [-0.2, -0.15) is 0 Å². The third-order valence-electron chi connectivity index (χ3n) is 3.00. The van der Waals surface area contributed by atoms with Crippen molar-refractivity contribution >= 4 is 23.2 Å². The van der Waals surface area contributed by atoms with Gasteiger partial charge < -0.3 is 4.42 Å². The molecule has 0 unspecified atom stereocenters. The van der Waals surface area contributed by atoms with Crippen LogP contribution in [-0.4, -0.2) is 17.3 Å². The summed E-state index contributed by atoms with van der Waals surface area (Å²) >= 11 is 0. The van der Waals surface area contributed by atoms with Gasteiger partial charge in [0, 0.05) is 11.6 Å². The van der Waals surface area contributed by atoms with Crippen molar-refractivity contribution in [3.8, 4) is 0 Å². The summed E-state index contributed by atoms with van der Waals surface area (Å²) in [6.45, 7) is 0. The molecule has 0 spiro atoms. The topological polar surface area (TPSA) is 64.3 Å². The number of rotatable bonds is 2. The molecule has 0 fully saturated rings. The summed E-state index contributed by atoms with van der Waals surface area (Å²) in [5.41, 5.74) is -0.0806. The zero-order valence-corrected chi connectivity index (χ0v) is 10.1. The van der Waals surface area contributed by atoms with Crippen molar-refractivity contribution in [1.82, 2.24) is 0 Å². The fourth-order valence-electron chi connectivity index (χ4n) is 2.04. The lowest BCUT2D eigenvalue weighted by atomic mass is 9.93. The number of hydrogen-bond acceptors (Lipinski definition) is 4. The summed E-state index contributed by atoms with van der Waals surface area (Å²) in [6.07, 6.45) is 1.56. The molecule has 0 bridgehead atoms. The summed E-state index contributed by atoms with van der Waals surface area (Å²) in [4.78, 5) is 35.4. The average Bonchev–Trinajstić information content (AvgIpc) is 2.90. The van der Waals surface area contributed by atoms with Crippen LogP contribution in [0.5, 0.6) is 0 Å². The van der Waals surface area contributed by atoms with Crippen molar-refractivity contribution < 1.29 is 23.2 Å². The molecule has 1 heterocycles. The molecule has 1 aliphatic carbocycles. The number of carbonyl (C=O) groups is 3. The van der Waals surface area contributed by atoms with E-state index in [1.165, 1.54) is 0 Å². The van der Waals surface area contributed by atoms with Gasteiger partial charge in [0.2, 0.25) is 11.6 Å². The molecule has 5 heteroatoms. The number of Topliss-reactive ketones (excluding diaryl/α,β-unsaturated/α-hetero) is 1. The number of allylic oxidation sites excluding steroid dienone is 1. The maximum atomic E-state index is 13.6. The Morgan fingerprint density at radius 2 is 1.80 bits per heavy atom. The van der Waals surface area contributed by atoms with Crippen LogP contribution in [-0.2, 0) is 4.79 Å². The summed E-state index contributed by atoms with van der Waals surface area (Å²) in [5, 5.41) is 0. The van der Waals surface area contributed by atoms with Crippen molar-refractivity contribution in [3.63, 3.8) is 0 Å². The van der Waals surface area contributed by atoms with Gasteiger partial charge in [0.25, 0.3) is 0 Å². The first-order valence-electron chi connectivity index (χ1n) is 5.77. The fraction of sp³-hybridized carbons (Fsp3) is 0. The van der Waals surface area contributed by atoms with Crippen LogP contribution in [0.15, 0.2) is 47.1 Å². The number of hydrogen-bond donors (Lipinski definition) is 0. The number of furan rings is 1. The van der Waals surface area contributed by atoms with E-state index in [0.29, 0.717) is 11.6 Å². The molecule has 0 saturated carbocycles. The number of carbonyl (C=O) groups excluding carboxylic acids is 3. The molecule has 1 aromatic carbocycles. The Morgan fingerprint density at radius 1 is 1.10 bits per heavy atom. The van der Waals surface area contributed by atoms with Crippen LogP contribution in [0, 0.1) is 0 Å². The molecule has 0 radical (unpaired) electrons. The van der Waals surface area contributed by atoms with Gasteiger partial charge in [-0.25, -0.2) is 4.39 Å². The lowest BCUT2D eigenvalue weighted by molar-refractivity contribution is -0.111. The maximum Gasteiger partial charge on any atom is 0.237 e. The molecule has 20 heavy (non-hydrogen) atoms. The highest BCUT2D eigenvalue weighted by molar-refractivity contribution is 6.51. The first-order chi connectivity index (χ1) is 9.59. The van der Waals surface area contributed by atoms with E-state index in [1.807, 2.05) is 0 Å². The number of benzene rings is 1. The van der Waals surface area contributed by atoms with Gasteiger partial charge in [-0.15, -0.1) is 0 Å². The first-order valence-corrected chi connectivity index (χ1v) is 5.77. The molecule has 4 nitrogen and oxygen atoms in total. The minimum Gasteiger partial charge on any atom is -0.460 e. The molecule has 0 amide bonds. The van der Waals surface area contributed by atoms with Crippen molar-refractivity contribution in [2.45, 2.75) is 0 Å². The maximum absolute atomic E-state index is 13.6. The van der Waals surface area contributed by atoms with Crippen molar-refractivity contribution in [3.05, 3.63) is 65.1 Å². The number of halogens is 1. The molecule has 98 valence electrons. The van der Waals surface area contributed by atoms with E-state index in [1.54, 1.807) is 30.3 Å². The van der Waals surface area contributed by atoms with Crippen LogP contribution in [0.4, 0.5) is 4.39 Å². The van der Waals surface area contributed by atoms with Gasteiger partial charge in [-0.05, 0) is 0 Å². The molecule has 1 aromatic heterocycles. The zero-order valence-electron chi connectivity index (χ0n) is 10.1. The van der Waals surface area contributed by atoms with E-state index < -0.39 is 23.2 Å². The summed E-state index contributed by atoms with van der Waals surface area (Å²) in [5.74, 6) is -3.75. The van der Waals surface area contributed by atoms with Crippen LogP contribution in [0.1, 0.15) is 32.0 Å². The monoisotopic (exact) mass is 270 g/mol. The van der Waals surface area contributed by atoms with Crippen LogP contribution in [0.2, 0.25) is 0 Å². The molecule has 0 N–H and O–H groups in total. The second-order valence-corrected chi connectivity index (χ2v) is 4.23. The quantitative estimate of drug-likeness (QED) is 0.621. The van der Waals surface area contributed by atoms with Crippen molar-refractivity contribution in [2.75, 3.05) is 0 Å². The van der Waals surface area contributed by atoms with Gasteiger partial charge >= 0.3 is 0 Å². The van der Waals surface area contributed by atoms with E-state index in [2.05, 4.69) is 0 Å². The Morgan fingerprint density at radius 3 is 2.50 bits per heavy atom. The lowest BCUT2D eigenvalue weighted by Gasteiger charge is -2.06. The molecule has 0 aliphatic heterocycles. The first kappa shape index (κ1) is 12.2. The van der Waals surface area contributed by atoms with E-state index in [9.17, 15) is 18.8 Å². The third kappa shape index (κ3) is 1.72. The second-order valence-electron chi connectivity index (χ2n) is 4.23. The largest absolute Gasteiger partial charge is 0.460 e. The summed E-state index contributed by atoms with van der Waals surface area (Å²) in [7, 11) is 0. The Kier molecular flexibility index (Phi) is 2.68. The van der Waals surface area contributed by atoms with E-state index >= 15 is 0 Å². The molecular formula is C15H7FO4. The van der Waals surface area contributed by atoms with Crippen LogP contribution >= 0.6 is 0 Å². The highest BCUT2D eigenvalue weighted by Crippen LogP contribution is 2.31. The zero-order chi connectivity index (χ0) is 14.3. The average molecular weight is 270 g/mol. The van der Waals surface area contributed by atoms with Gasteiger partial charge in [0.05, 0.1) is 11.1 Å². The number of ketones is 3. The van der Waals surface area contributed by atoms with Gasteiger partial charge in [0.15, 0.2) is 17.4 Å². The minimum absolute atomic E-state index is 0.104. The van der Waals surface area contributed by atoms with Gasteiger partial charge in [-0.3, -0.25) is 14.4 Å².